The lowest BCUT2D eigenvalue weighted by Gasteiger charge is -2.10. The molecule has 4 nitrogen and oxygen atoms in total. The van der Waals surface area contributed by atoms with Crippen LogP contribution in [-0.2, 0) is 14.7 Å². The van der Waals surface area contributed by atoms with Crippen molar-refractivity contribution in [2.24, 2.45) is 11.8 Å². The molecule has 1 N–H and O–H groups in total. The molecule has 0 heterocycles. The van der Waals surface area contributed by atoms with Crippen LogP contribution in [0.25, 0.3) is 0 Å². The van der Waals surface area contributed by atoms with E-state index in [-0.39, 0.29) is 0 Å². The molecular formula is C12H28O4. The fourth-order valence-electron chi connectivity index (χ4n) is 0.368. The van der Waals surface area contributed by atoms with Gasteiger partial charge in [-0.3, -0.25) is 5.26 Å². The number of hydrogen-bond donors (Lipinski definition) is 1. The Morgan fingerprint density at radius 2 is 1.12 bits per heavy atom. The van der Waals surface area contributed by atoms with Gasteiger partial charge in [0.15, 0.2) is 0 Å². The van der Waals surface area contributed by atoms with E-state index in [0.29, 0.717) is 25.0 Å². The molecule has 0 aliphatic rings. The molecule has 0 aliphatic heterocycles. The van der Waals surface area contributed by atoms with Gasteiger partial charge < -0.3 is 0 Å². The molecule has 16 heavy (non-hydrogen) atoms. The molecule has 0 atom stereocenters. The molecule has 0 unspecified atom stereocenters. The van der Waals surface area contributed by atoms with Gasteiger partial charge in [0.2, 0.25) is 0 Å². The Labute approximate surface area is 99.8 Å². The van der Waals surface area contributed by atoms with Gasteiger partial charge >= 0.3 is 0 Å². The van der Waals surface area contributed by atoms with Crippen molar-refractivity contribution in [2.75, 3.05) is 13.2 Å². The van der Waals surface area contributed by atoms with Crippen molar-refractivity contribution in [1.29, 1.82) is 0 Å². The fourth-order valence-corrected chi connectivity index (χ4v) is 0.368. The van der Waals surface area contributed by atoms with Gasteiger partial charge in [-0.05, 0) is 32.6 Å². The molecule has 0 radical (unpaired) electrons. The van der Waals surface area contributed by atoms with Crippen LogP contribution in [0.15, 0.2) is 0 Å². The van der Waals surface area contributed by atoms with Crippen LogP contribution < -0.4 is 0 Å². The molecular weight excluding hydrogens is 208 g/mol. The molecule has 0 rings (SSSR count). The minimum absolute atomic E-state index is 0.403. The minimum atomic E-state index is -0.403. The van der Waals surface area contributed by atoms with Gasteiger partial charge in [0, 0.05) is 0 Å². The maximum atomic E-state index is 7.90. The van der Waals surface area contributed by atoms with E-state index in [9.17, 15) is 0 Å². The Hall–Kier alpha value is -0.160. The molecule has 0 aromatic heterocycles. The number of rotatable bonds is 5. The molecule has 4 heteroatoms. The van der Waals surface area contributed by atoms with Gasteiger partial charge in [-0.15, -0.1) is 0 Å². The summed E-state index contributed by atoms with van der Waals surface area (Å²) in [6, 6.07) is 0. The third-order valence-corrected chi connectivity index (χ3v) is 1.16. The fraction of sp³-hybridized carbons (Fsp3) is 1.00. The Bertz CT molecular complexity index is 128. The summed E-state index contributed by atoms with van der Waals surface area (Å²) in [7, 11) is 0. The lowest BCUT2D eigenvalue weighted by Crippen LogP contribution is -2.15. The zero-order valence-corrected chi connectivity index (χ0v) is 11.7. The molecule has 0 spiro atoms. The molecule has 0 amide bonds. The predicted octanol–water partition coefficient (Wildman–Crippen LogP) is 3.52. The molecule has 0 saturated carbocycles. The van der Waals surface area contributed by atoms with Crippen molar-refractivity contribution in [3.05, 3.63) is 0 Å². The summed E-state index contributed by atoms with van der Waals surface area (Å²) in [4.78, 5) is 13.7. The zero-order chi connectivity index (χ0) is 13.2. The van der Waals surface area contributed by atoms with E-state index < -0.39 is 5.60 Å². The van der Waals surface area contributed by atoms with Gasteiger partial charge in [-0.25, -0.2) is 14.7 Å². The van der Waals surface area contributed by atoms with E-state index in [1.165, 1.54) is 0 Å². The second-order valence-corrected chi connectivity index (χ2v) is 5.56. The summed E-state index contributed by atoms with van der Waals surface area (Å²) in [5.74, 6) is 1.10. The maximum absolute atomic E-state index is 7.90. The molecule has 0 saturated heterocycles. The monoisotopic (exact) mass is 236 g/mol. The minimum Gasteiger partial charge on any atom is -0.251 e. The molecule has 0 aliphatic carbocycles. The highest BCUT2D eigenvalue weighted by Gasteiger charge is 2.07. The smallest absolute Gasteiger partial charge is 0.0949 e. The SMILES string of the molecule is CC(C)(C)OO.CC(C)COOCC(C)C. The first kappa shape index (κ1) is 18.2. The van der Waals surface area contributed by atoms with E-state index in [2.05, 4.69) is 32.6 Å². The summed E-state index contributed by atoms with van der Waals surface area (Å²) in [5.41, 5.74) is -0.403. The second kappa shape index (κ2) is 10.0. The summed E-state index contributed by atoms with van der Waals surface area (Å²) < 4.78 is 0. The van der Waals surface area contributed by atoms with E-state index in [0.717, 1.165) is 0 Å². The predicted molar refractivity (Wildman–Crippen MR) is 65.0 cm³/mol. The summed E-state index contributed by atoms with van der Waals surface area (Å²) in [5, 5.41) is 7.90. The molecule has 0 aromatic rings. The van der Waals surface area contributed by atoms with Crippen molar-refractivity contribution in [3.63, 3.8) is 0 Å². The molecule has 0 fully saturated rings. The molecule has 0 bridgehead atoms. The Morgan fingerprint density at radius 3 is 1.25 bits per heavy atom. The van der Waals surface area contributed by atoms with Crippen molar-refractivity contribution >= 4 is 0 Å². The van der Waals surface area contributed by atoms with Crippen molar-refractivity contribution in [1.82, 2.24) is 0 Å². The standard InChI is InChI=1S/C8H18O2.C4H10O2/c1-7(2)5-9-10-6-8(3)4;1-4(2,3)6-5/h7-8H,5-6H2,1-4H3;5H,1-3H3. The van der Waals surface area contributed by atoms with Gasteiger partial charge in [-0.2, -0.15) is 0 Å². The van der Waals surface area contributed by atoms with E-state index in [4.69, 9.17) is 15.0 Å². The van der Waals surface area contributed by atoms with Crippen molar-refractivity contribution in [2.45, 2.75) is 54.1 Å². The first-order valence-corrected chi connectivity index (χ1v) is 5.76. The summed E-state index contributed by atoms with van der Waals surface area (Å²) in [6.45, 7) is 15.1. The van der Waals surface area contributed by atoms with Crippen molar-refractivity contribution < 1.29 is 19.9 Å². The number of hydrogen-bond acceptors (Lipinski definition) is 4. The average molecular weight is 236 g/mol. The zero-order valence-electron chi connectivity index (χ0n) is 11.7. The van der Waals surface area contributed by atoms with Gasteiger partial charge in [0.25, 0.3) is 0 Å². The maximum Gasteiger partial charge on any atom is 0.0949 e. The van der Waals surface area contributed by atoms with Crippen LogP contribution in [0, 0.1) is 11.8 Å². The lowest BCUT2D eigenvalue weighted by molar-refractivity contribution is -0.306. The largest absolute Gasteiger partial charge is 0.251 e. The highest BCUT2D eigenvalue weighted by molar-refractivity contribution is 4.53. The third kappa shape index (κ3) is 23.6. The lowest BCUT2D eigenvalue weighted by atomic mass is 10.2. The first-order valence-electron chi connectivity index (χ1n) is 5.76. The Morgan fingerprint density at radius 1 is 0.875 bits per heavy atom. The molecule has 100 valence electrons. The summed E-state index contributed by atoms with van der Waals surface area (Å²) in [6.07, 6.45) is 0. The molecule has 0 aromatic carbocycles. The summed E-state index contributed by atoms with van der Waals surface area (Å²) >= 11 is 0. The van der Waals surface area contributed by atoms with E-state index in [1.807, 2.05) is 0 Å². The van der Waals surface area contributed by atoms with Crippen LogP contribution in [-0.4, -0.2) is 24.1 Å². The normalized spacial score (nSPS) is 11.6. The first-order chi connectivity index (χ1) is 7.19. The van der Waals surface area contributed by atoms with Gasteiger partial charge in [0.05, 0.1) is 18.8 Å². The highest BCUT2D eigenvalue weighted by atomic mass is 17.2. The second-order valence-electron chi connectivity index (χ2n) is 5.56. The van der Waals surface area contributed by atoms with Crippen LogP contribution in [0.2, 0.25) is 0 Å². The third-order valence-electron chi connectivity index (χ3n) is 1.16. The van der Waals surface area contributed by atoms with Gasteiger partial charge in [-0.1, -0.05) is 27.7 Å². The Kier molecular flexibility index (Phi) is 11.4. The van der Waals surface area contributed by atoms with Gasteiger partial charge in [0.1, 0.15) is 0 Å². The van der Waals surface area contributed by atoms with E-state index >= 15 is 0 Å². The quantitative estimate of drug-likeness (QED) is 0.451. The highest BCUT2D eigenvalue weighted by Crippen LogP contribution is 2.01. The Balaban J connectivity index is 0. The van der Waals surface area contributed by atoms with Crippen LogP contribution >= 0.6 is 0 Å². The van der Waals surface area contributed by atoms with Crippen LogP contribution in [0.5, 0.6) is 0 Å². The van der Waals surface area contributed by atoms with Crippen molar-refractivity contribution in [3.8, 4) is 0 Å². The van der Waals surface area contributed by atoms with Crippen LogP contribution in [0.1, 0.15) is 48.5 Å². The van der Waals surface area contributed by atoms with Crippen LogP contribution in [0.3, 0.4) is 0 Å². The topological polar surface area (TPSA) is 47.9 Å². The average Bonchev–Trinajstić information content (AvgIpc) is 2.12. The van der Waals surface area contributed by atoms with E-state index in [1.54, 1.807) is 20.8 Å². The van der Waals surface area contributed by atoms with Crippen LogP contribution in [0.4, 0.5) is 0 Å².